The van der Waals surface area contributed by atoms with Crippen LogP contribution in [-0.2, 0) is 13.2 Å². The Bertz CT molecular complexity index is 1290. The molecule has 0 amide bonds. The summed E-state index contributed by atoms with van der Waals surface area (Å²) in [6.07, 6.45) is 1.69. The van der Waals surface area contributed by atoms with Crippen molar-refractivity contribution in [2.75, 3.05) is 7.11 Å². The zero-order valence-corrected chi connectivity index (χ0v) is 17.1. The number of oxazole rings is 1. The lowest BCUT2D eigenvalue weighted by molar-refractivity contribution is 0.291. The van der Waals surface area contributed by atoms with Crippen molar-refractivity contribution in [2.24, 2.45) is 0 Å². The summed E-state index contributed by atoms with van der Waals surface area (Å²) in [6, 6.07) is 25.4. The Morgan fingerprint density at radius 3 is 2.42 bits per heavy atom. The number of hydrogen-bond donors (Lipinski definition) is 0. The fourth-order valence-electron chi connectivity index (χ4n) is 3.48. The molecule has 0 fully saturated rings. The predicted molar refractivity (Wildman–Crippen MR) is 118 cm³/mol. The van der Waals surface area contributed by atoms with Crippen molar-refractivity contribution in [3.8, 4) is 23.0 Å². The van der Waals surface area contributed by atoms with E-state index in [9.17, 15) is 0 Å². The number of fused-ring (bicyclic) bond motifs is 1. The van der Waals surface area contributed by atoms with Crippen LogP contribution in [0.5, 0.6) is 11.5 Å². The maximum Gasteiger partial charge on any atom is 0.226 e. The number of benzene rings is 3. The van der Waals surface area contributed by atoms with Crippen molar-refractivity contribution >= 4 is 11.0 Å². The van der Waals surface area contributed by atoms with Crippen LogP contribution in [0.25, 0.3) is 22.5 Å². The van der Waals surface area contributed by atoms with Gasteiger partial charge in [-0.3, -0.25) is 0 Å². The molecule has 0 N–H and O–H groups in total. The van der Waals surface area contributed by atoms with Crippen LogP contribution in [0.1, 0.15) is 11.5 Å². The molecule has 0 aliphatic carbocycles. The summed E-state index contributed by atoms with van der Waals surface area (Å²) in [5, 5.41) is 0. The molecule has 5 rings (SSSR count). The number of methoxy groups -OCH3 is 1. The first kappa shape index (κ1) is 18.9. The lowest BCUT2D eigenvalue weighted by atomic mass is 10.2. The summed E-state index contributed by atoms with van der Waals surface area (Å²) in [5.41, 5.74) is 3.67. The number of imidazole rings is 1. The maximum absolute atomic E-state index is 5.96. The van der Waals surface area contributed by atoms with Gasteiger partial charge in [-0.05, 0) is 48.5 Å². The minimum Gasteiger partial charge on any atom is -0.497 e. The molecule has 5 aromatic rings. The summed E-state index contributed by atoms with van der Waals surface area (Å²) in [4.78, 5) is 9.45. The van der Waals surface area contributed by atoms with Crippen LogP contribution in [0.15, 0.2) is 89.5 Å². The Morgan fingerprint density at radius 2 is 1.61 bits per heavy atom. The highest BCUT2D eigenvalue weighted by atomic mass is 16.5. The second-order valence-corrected chi connectivity index (χ2v) is 7.08. The van der Waals surface area contributed by atoms with E-state index in [1.807, 2.05) is 72.8 Å². The largest absolute Gasteiger partial charge is 0.497 e. The Labute approximate surface area is 179 Å². The smallest absolute Gasteiger partial charge is 0.226 e. The highest BCUT2D eigenvalue weighted by Gasteiger charge is 2.14. The summed E-state index contributed by atoms with van der Waals surface area (Å²) in [7, 11) is 1.65. The Hall–Kier alpha value is -4.06. The van der Waals surface area contributed by atoms with E-state index < -0.39 is 0 Å². The minimum absolute atomic E-state index is 0.363. The predicted octanol–water partition coefficient (Wildman–Crippen LogP) is 5.33. The lowest BCUT2D eigenvalue weighted by Crippen LogP contribution is -2.08. The summed E-state index contributed by atoms with van der Waals surface area (Å²) in [5.74, 6) is 3.01. The molecule has 2 heterocycles. The molecule has 3 aromatic carbocycles. The van der Waals surface area contributed by atoms with Gasteiger partial charge in [0.05, 0.1) is 30.4 Å². The van der Waals surface area contributed by atoms with Crippen LogP contribution in [0.2, 0.25) is 0 Å². The molecule has 0 unspecified atom stereocenters. The van der Waals surface area contributed by atoms with Gasteiger partial charge >= 0.3 is 0 Å². The topological polar surface area (TPSA) is 62.3 Å². The first-order valence-corrected chi connectivity index (χ1v) is 10.0. The van der Waals surface area contributed by atoms with Gasteiger partial charge < -0.3 is 18.5 Å². The summed E-state index contributed by atoms with van der Waals surface area (Å²) in [6.45, 7) is 0.898. The van der Waals surface area contributed by atoms with Gasteiger partial charge in [0.15, 0.2) is 0 Å². The first-order valence-electron chi connectivity index (χ1n) is 10.0. The van der Waals surface area contributed by atoms with E-state index in [1.165, 1.54) is 0 Å². The SMILES string of the molecule is COc1ccc(-c2nc(Cn3c(COc4ccccc4)nc4ccccc43)co2)cc1. The van der Waals surface area contributed by atoms with E-state index in [2.05, 4.69) is 15.6 Å². The molecule has 0 radical (unpaired) electrons. The fraction of sp³-hybridized carbons (Fsp3) is 0.120. The first-order chi connectivity index (χ1) is 15.3. The van der Waals surface area contributed by atoms with Crippen molar-refractivity contribution in [3.05, 3.63) is 96.6 Å². The third kappa shape index (κ3) is 4.00. The molecule has 6 heteroatoms. The summed E-state index contributed by atoms with van der Waals surface area (Å²) >= 11 is 0. The molecule has 0 saturated heterocycles. The highest BCUT2D eigenvalue weighted by molar-refractivity contribution is 5.76. The van der Waals surface area contributed by atoms with Gasteiger partial charge in [-0.1, -0.05) is 30.3 Å². The fourth-order valence-corrected chi connectivity index (χ4v) is 3.48. The number of ether oxygens (including phenoxy) is 2. The van der Waals surface area contributed by atoms with Crippen LogP contribution in [0.3, 0.4) is 0 Å². The van der Waals surface area contributed by atoms with Crippen LogP contribution >= 0.6 is 0 Å². The standard InChI is InChI=1S/C25H21N3O3/c1-29-20-13-11-18(12-14-20)25-26-19(16-31-25)15-28-23-10-6-5-9-22(23)27-24(28)17-30-21-7-3-2-4-8-21/h2-14,16H,15,17H2,1H3. The van der Waals surface area contributed by atoms with Gasteiger partial charge in [-0.25, -0.2) is 9.97 Å². The van der Waals surface area contributed by atoms with Crippen molar-refractivity contribution in [1.82, 2.24) is 14.5 Å². The Kier molecular flexibility index (Phi) is 5.10. The van der Waals surface area contributed by atoms with Crippen molar-refractivity contribution in [2.45, 2.75) is 13.2 Å². The maximum atomic E-state index is 5.96. The molecule has 154 valence electrons. The molecule has 31 heavy (non-hydrogen) atoms. The van der Waals surface area contributed by atoms with E-state index in [-0.39, 0.29) is 0 Å². The molecule has 2 aromatic heterocycles. The van der Waals surface area contributed by atoms with Crippen molar-refractivity contribution in [3.63, 3.8) is 0 Å². The van der Waals surface area contributed by atoms with Crippen molar-refractivity contribution in [1.29, 1.82) is 0 Å². The molecule has 0 spiro atoms. The van der Waals surface area contributed by atoms with Crippen LogP contribution in [0, 0.1) is 0 Å². The molecule has 0 saturated carbocycles. The number of hydrogen-bond acceptors (Lipinski definition) is 5. The number of para-hydroxylation sites is 3. The van der Waals surface area contributed by atoms with E-state index in [4.69, 9.17) is 18.9 Å². The molecule has 6 nitrogen and oxygen atoms in total. The molecular formula is C25H21N3O3. The number of aromatic nitrogens is 3. The van der Waals surface area contributed by atoms with Crippen molar-refractivity contribution < 1.29 is 13.9 Å². The van der Waals surface area contributed by atoms with Gasteiger partial charge in [-0.15, -0.1) is 0 Å². The number of nitrogens with zero attached hydrogens (tertiary/aromatic N) is 3. The molecular weight excluding hydrogens is 390 g/mol. The Balaban J connectivity index is 1.42. The quantitative estimate of drug-likeness (QED) is 0.362. The Morgan fingerprint density at radius 1 is 0.839 bits per heavy atom. The second-order valence-electron chi connectivity index (χ2n) is 7.08. The van der Waals surface area contributed by atoms with Gasteiger partial charge in [-0.2, -0.15) is 0 Å². The van der Waals surface area contributed by atoms with E-state index in [1.54, 1.807) is 13.4 Å². The van der Waals surface area contributed by atoms with Gasteiger partial charge in [0.1, 0.15) is 30.2 Å². The van der Waals surface area contributed by atoms with Crippen LogP contribution in [-0.4, -0.2) is 21.6 Å². The third-order valence-corrected chi connectivity index (χ3v) is 5.05. The molecule has 0 aliphatic rings. The van der Waals surface area contributed by atoms with Crippen LogP contribution in [0.4, 0.5) is 0 Å². The zero-order valence-electron chi connectivity index (χ0n) is 17.1. The van der Waals surface area contributed by atoms with E-state index >= 15 is 0 Å². The van der Waals surface area contributed by atoms with Crippen LogP contribution < -0.4 is 9.47 Å². The average Bonchev–Trinajstić information content (AvgIpc) is 3.44. The van der Waals surface area contributed by atoms with E-state index in [0.29, 0.717) is 19.0 Å². The molecule has 0 bridgehead atoms. The van der Waals surface area contributed by atoms with Gasteiger partial charge in [0.25, 0.3) is 0 Å². The average molecular weight is 411 g/mol. The monoisotopic (exact) mass is 411 g/mol. The second kappa shape index (κ2) is 8.36. The van der Waals surface area contributed by atoms with Gasteiger partial charge in [0.2, 0.25) is 5.89 Å². The third-order valence-electron chi connectivity index (χ3n) is 5.05. The normalized spacial score (nSPS) is 11.0. The molecule has 0 atom stereocenters. The minimum atomic E-state index is 0.363. The lowest BCUT2D eigenvalue weighted by Gasteiger charge is -2.09. The molecule has 0 aliphatic heterocycles. The van der Waals surface area contributed by atoms with E-state index in [0.717, 1.165) is 39.6 Å². The number of rotatable bonds is 7. The zero-order chi connectivity index (χ0) is 21.0. The summed E-state index contributed by atoms with van der Waals surface area (Å²) < 4.78 is 19.0. The van der Waals surface area contributed by atoms with Gasteiger partial charge in [0, 0.05) is 5.56 Å². The highest BCUT2D eigenvalue weighted by Crippen LogP contribution is 2.24.